The number of carboxylic acid groups (broad SMARTS) is 1. The van der Waals surface area contributed by atoms with E-state index in [0.29, 0.717) is 23.8 Å². The average molecular weight is 633 g/mol. The van der Waals surface area contributed by atoms with Crippen LogP contribution in [0.1, 0.15) is 36.8 Å². The molecule has 0 saturated heterocycles. The third-order valence-electron chi connectivity index (χ3n) is 8.06. The fourth-order valence-corrected chi connectivity index (χ4v) is 5.73. The zero-order valence-electron chi connectivity index (χ0n) is 26.2. The van der Waals surface area contributed by atoms with Gasteiger partial charge < -0.3 is 15.7 Å². The lowest BCUT2D eigenvalue weighted by molar-refractivity contribution is -0.122. The number of anilines is 2. The third-order valence-corrected chi connectivity index (χ3v) is 8.06. The van der Waals surface area contributed by atoms with Crippen LogP contribution in [0.3, 0.4) is 0 Å². The molecule has 0 bridgehead atoms. The first-order chi connectivity index (χ1) is 22.9. The van der Waals surface area contributed by atoms with E-state index >= 15 is 0 Å². The zero-order valence-corrected chi connectivity index (χ0v) is 26.2. The molecule has 1 aliphatic rings. The summed E-state index contributed by atoms with van der Waals surface area (Å²) in [6, 6.07) is 22.1. The summed E-state index contributed by atoms with van der Waals surface area (Å²) in [7, 11) is 3.72. The van der Waals surface area contributed by atoms with Gasteiger partial charge in [0.15, 0.2) is 0 Å². The summed E-state index contributed by atoms with van der Waals surface area (Å²) < 4.78 is 3.47. The Kier molecular flexibility index (Phi) is 10.5. The van der Waals surface area contributed by atoms with E-state index in [1.807, 2.05) is 92.1 Å². The van der Waals surface area contributed by atoms with Crippen molar-refractivity contribution < 1.29 is 14.7 Å². The number of nitrogens with zero attached hydrogens (tertiary/aromatic N) is 8. The maximum atomic E-state index is 13.7. The minimum Gasteiger partial charge on any atom is -0.483 e. The molecular weight excluding hydrogens is 596 g/mol. The van der Waals surface area contributed by atoms with Crippen LogP contribution in [-0.4, -0.2) is 59.2 Å². The molecule has 5 aromatic rings. The largest absolute Gasteiger partial charge is 0.483 e. The van der Waals surface area contributed by atoms with Gasteiger partial charge in [0.05, 0.1) is 23.7 Å². The smallest absolute Gasteiger partial charge is 0.322 e. The summed E-state index contributed by atoms with van der Waals surface area (Å²) in [5, 5.41) is 31.6. The average Bonchev–Trinajstić information content (AvgIpc) is 3.73. The Balaban J connectivity index is 0.00000139. The van der Waals surface area contributed by atoms with Crippen molar-refractivity contribution in [3.63, 3.8) is 0 Å². The summed E-state index contributed by atoms with van der Waals surface area (Å²) >= 11 is 0. The van der Waals surface area contributed by atoms with E-state index in [0.717, 1.165) is 53.8 Å². The van der Waals surface area contributed by atoms with Crippen LogP contribution in [0.4, 0.5) is 16.4 Å². The second-order valence-corrected chi connectivity index (χ2v) is 11.1. The first-order valence-electron chi connectivity index (χ1n) is 15.2. The maximum absolute atomic E-state index is 13.7. The van der Waals surface area contributed by atoms with E-state index in [4.69, 9.17) is 9.90 Å². The highest BCUT2D eigenvalue weighted by Gasteiger charge is 2.30. The SMILES string of the molecule is Cn1cc(-c2ccc(N(C(=O)NCc3ccccc3)[C@H]3CC[C@H](Nc4ncc(C#N)c(-c5ccnn5C)n4)CC3)cc2)cn1.O=CO. The normalized spacial score (nSPS) is 15.4. The van der Waals surface area contributed by atoms with Crippen molar-refractivity contribution in [2.75, 3.05) is 10.2 Å². The molecule has 3 heterocycles. The molecule has 3 N–H and O–H groups in total. The molecule has 13 heteroatoms. The van der Waals surface area contributed by atoms with E-state index < -0.39 is 0 Å². The highest BCUT2D eigenvalue weighted by Crippen LogP contribution is 2.31. The topological polar surface area (TPSA) is 167 Å². The van der Waals surface area contributed by atoms with Gasteiger partial charge >= 0.3 is 6.03 Å². The van der Waals surface area contributed by atoms with Gasteiger partial charge in [-0.3, -0.25) is 19.1 Å². The van der Waals surface area contributed by atoms with Crippen LogP contribution in [0, 0.1) is 11.3 Å². The summed E-state index contributed by atoms with van der Waals surface area (Å²) in [6.07, 6.45) is 10.3. The van der Waals surface area contributed by atoms with Crippen LogP contribution in [0.15, 0.2) is 85.5 Å². The second-order valence-electron chi connectivity index (χ2n) is 11.1. The number of nitrogens with one attached hydrogen (secondary N) is 2. The van der Waals surface area contributed by atoms with Gasteiger partial charge in [0.2, 0.25) is 5.95 Å². The Hall–Kier alpha value is -6.03. The van der Waals surface area contributed by atoms with Crippen molar-refractivity contribution in [2.45, 2.75) is 44.3 Å². The molecule has 47 heavy (non-hydrogen) atoms. The fourth-order valence-electron chi connectivity index (χ4n) is 5.73. The zero-order chi connectivity index (χ0) is 33.2. The highest BCUT2D eigenvalue weighted by atomic mass is 16.3. The van der Waals surface area contributed by atoms with E-state index in [2.05, 4.69) is 36.9 Å². The van der Waals surface area contributed by atoms with Crippen LogP contribution in [0.2, 0.25) is 0 Å². The number of benzene rings is 2. The first-order valence-corrected chi connectivity index (χ1v) is 15.2. The number of urea groups is 1. The summed E-state index contributed by atoms with van der Waals surface area (Å²) in [4.78, 5) is 33.1. The minimum absolute atomic E-state index is 0.0277. The van der Waals surface area contributed by atoms with Crippen molar-refractivity contribution in [1.82, 2.24) is 34.8 Å². The lowest BCUT2D eigenvalue weighted by Gasteiger charge is -2.37. The number of rotatable bonds is 8. The van der Waals surface area contributed by atoms with Gasteiger partial charge in [-0.25, -0.2) is 14.8 Å². The molecule has 240 valence electrons. The summed E-state index contributed by atoms with van der Waals surface area (Å²) in [5.41, 5.74) is 5.69. The number of nitriles is 1. The number of hydrogen-bond donors (Lipinski definition) is 3. The highest BCUT2D eigenvalue weighted by molar-refractivity contribution is 5.93. The molecule has 1 fully saturated rings. The number of carbonyl (C=O) groups is 2. The molecule has 13 nitrogen and oxygen atoms in total. The van der Waals surface area contributed by atoms with E-state index in [1.165, 1.54) is 0 Å². The van der Waals surface area contributed by atoms with Crippen LogP contribution < -0.4 is 15.5 Å². The molecule has 2 aromatic carbocycles. The van der Waals surface area contributed by atoms with E-state index in [-0.39, 0.29) is 24.6 Å². The Bertz CT molecular complexity index is 1820. The minimum atomic E-state index is -0.250. The maximum Gasteiger partial charge on any atom is 0.322 e. The van der Waals surface area contributed by atoms with Crippen molar-refractivity contribution >= 4 is 24.1 Å². The van der Waals surface area contributed by atoms with Gasteiger partial charge in [0.25, 0.3) is 6.47 Å². The van der Waals surface area contributed by atoms with Gasteiger partial charge in [-0.2, -0.15) is 15.5 Å². The van der Waals surface area contributed by atoms with Gasteiger partial charge in [0.1, 0.15) is 11.8 Å². The number of aromatic nitrogens is 6. The predicted octanol–water partition coefficient (Wildman–Crippen LogP) is 4.99. The number of hydrogen-bond acceptors (Lipinski definition) is 8. The quantitative estimate of drug-likeness (QED) is 0.200. The molecule has 0 aliphatic heterocycles. The molecule has 0 atom stereocenters. The third kappa shape index (κ3) is 7.98. The molecule has 0 unspecified atom stereocenters. The molecule has 2 amide bonds. The van der Waals surface area contributed by atoms with E-state index in [9.17, 15) is 10.1 Å². The van der Waals surface area contributed by atoms with Crippen LogP contribution in [0.25, 0.3) is 22.5 Å². The van der Waals surface area contributed by atoms with Crippen molar-refractivity contribution in [1.29, 1.82) is 5.26 Å². The van der Waals surface area contributed by atoms with E-state index in [1.54, 1.807) is 21.8 Å². The van der Waals surface area contributed by atoms with Crippen molar-refractivity contribution in [3.05, 3.63) is 96.6 Å². The Labute approximate surface area is 272 Å². The predicted molar refractivity (Wildman–Crippen MR) is 177 cm³/mol. The van der Waals surface area contributed by atoms with Crippen molar-refractivity contribution in [3.8, 4) is 28.6 Å². The number of amides is 2. The molecular formula is C34H36N10O3. The second kappa shape index (κ2) is 15.3. The molecule has 0 radical (unpaired) electrons. The van der Waals surface area contributed by atoms with Crippen LogP contribution in [0.5, 0.6) is 0 Å². The molecule has 1 saturated carbocycles. The Morgan fingerprint density at radius 2 is 1.74 bits per heavy atom. The lowest BCUT2D eigenvalue weighted by atomic mass is 9.90. The summed E-state index contributed by atoms with van der Waals surface area (Å²) in [5.74, 6) is 0.479. The summed E-state index contributed by atoms with van der Waals surface area (Å²) in [6.45, 7) is 0.204. The van der Waals surface area contributed by atoms with Gasteiger partial charge in [0, 0.05) is 56.4 Å². The van der Waals surface area contributed by atoms with Crippen LogP contribution >= 0.6 is 0 Å². The molecule has 3 aromatic heterocycles. The number of aryl methyl sites for hydroxylation is 2. The van der Waals surface area contributed by atoms with Gasteiger partial charge in [-0.15, -0.1) is 0 Å². The standard InChI is InChI=1S/C33H34N10O.CH2O2/c1-41-22-26(21-38-41)24-8-12-28(13-9-24)43(33(44)36-19-23-6-4-3-5-7-23)29-14-10-27(11-15-29)39-32-35-20-25(18-34)31(40-32)30-16-17-37-42(30)2;2-1-3/h3-9,12-13,16-17,20-22,27,29H,10-11,14-15,19H2,1-2H3,(H,36,44)(H,35,39,40);1H,(H,2,3)/t27-,29-;. The Morgan fingerprint density at radius 1 is 1.02 bits per heavy atom. The van der Waals surface area contributed by atoms with Crippen molar-refractivity contribution in [2.24, 2.45) is 14.1 Å². The molecule has 1 aliphatic carbocycles. The molecule has 0 spiro atoms. The number of carbonyl (C=O) groups excluding carboxylic acids is 1. The fraction of sp³-hybridized carbons (Fsp3) is 0.265. The molecule has 6 rings (SSSR count). The first kappa shape index (κ1) is 32.4. The van der Waals surface area contributed by atoms with Gasteiger partial charge in [-0.1, -0.05) is 42.5 Å². The van der Waals surface area contributed by atoms with Crippen LogP contribution in [-0.2, 0) is 25.4 Å². The van der Waals surface area contributed by atoms with Gasteiger partial charge in [-0.05, 0) is 55.0 Å². The monoisotopic (exact) mass is 632 g/mol. The lowest BCUT2D eigenvalue weighted by Crippen LogP contribution is -2.48. The Morgan fingerprint density at radius 3 is 2.36 bits per heavy atom.